The van der Waals surface area contributed by atoms with E-state index in [4.69, 9.17) is 20.3 Å². The van der Waals surface area contributed by atoms with Crippen LogP contribution in [-0.4, -0.2) is 103 Å². The molecule has 0 aromatic carbocycles. The molecular formula is C17H33B8N5O2. The third-order valence-electron chi connectivity index (χ3n) is 9.68. The van der Waals surface area contributed by atoms with Crippen LogP contribution in [0.5, 0.6) is 0 Å². The van der Waals surface area contributed by atoms with Gasteiger partial charge in [0, 0.05) is 44.5 Å². The largest absolute Gasteiger partial charge is 0.383 e. The maximum atomic E-state index is 6.20. The Morgan fingerprint density at radius 3 is 2.09 bits per heavy atom. The number of rotatable bonds is 7. The Morgan fingerprint density at radius 1 is 1.00 bits per heavy atom. The summed E-state index contributed by atoms with van der Waals surface area (Å²) in [6, 6.07) is 0. The van der Waals surface area contributed by atoms with Crippen molar-refractivity contribution in [2.75, 3.05) is 20.0 Å². The number of hydrogen-bond acceptors (Lipinski definition) is 6. The molecule has 0 saturated heterocycles. The first-order valence-electron chi connectivity index (χ1n) is 11.4. The second kappa shape index (κ2) is 8.39. The highest BCUT2D eigenvalue weighted by atomic mass is 16.7. The van der Waals surface area contributed by atoms with Crippen LogP contribution in [0.2, 0.25) is 20.9 Å². The van der Waals surface area contributed by atoms with Crippen LogP contribution >= 0.6 is 0 Å². The highest BCUT2D eigenvalue weighted by Crippen LogP contribution is 2.78. The monoisotopic (exact) mass is 427 g/mol. The van der Waals surface area contributed by atoms with Crippen LogP contribution in [0.3, 0.4) is 0 Å². The third-order valence-corrected chi connectivity index (χ3v) is 9.68. The van der Waals surface area contributed by atoms with Crippen molar-refractivity contribution in [2.24, 2.45) is 5.92 Å². The molecule has 2 aromatic heterocycles. The number of nitrogens with two attached hydrogens (primary N) is 1. The maximum absolute atomic E-state index is 6.20. The van der Waals surface area contributed by atoms with Gasteiger partial charge in [-0.2, -0.15) is 5.10 Å². The zero-order chi connectivity index (χ0) is 24.1. The zero-order valence-electron chi connectivity index (χ0n) is 21.5. The van der Waals surface area contributed by atoms with E-state index in [1.807, 2.05) is 6.20 Å². The first-order chi connectivity index (χ1) is 14.7. The Hall–Kier alpha value is -1.47. The zero-order valence-corrected chi connectivity index (χ0v) is 21.5. The number of nitrogens with zero attached hydrogens (tertiary/aromatic N) is 4. The Labute approximate surface area is 199 Å². The number of hydrogen-bond donors (Lipinski definition) is 1. The molecule has 32 heavy (non-hydrogen) atoms. The van der Waals surface area contributed by atoms with E-state index in [0.29, 0.717) is 18.2 Å². The Morgan fingerprint density at radius 2 is 1.56 bits per heavy atom. The van der Waals surface area contributed by atoms with Gasteiger partial charge in [-0.1, -0.05) is 10.4 Å². The topological polar surface area (TPSA) is 88.1 Å². The molecular weight excluding hydrogens is 393 g/mol. The third kappa shape index (κ3) is 3.69. The average Bonchev–Trinajstić information content (AvgIpc) is 3.20. The molecule has 1 saturated carbocycles. The van der Waals surface area contributed by atoms with Crippen LogP contribution in [0, 0.1) is 5.92 Å². The van der Waals surface area contributed by atoms with Crippen molar-refractivity contribution in [2.45, 2.75) is 40.1 Å². The van der Waals surface area contributed by atoms with Crippen LogP contribution in [0.1, 0.15) is 5.56 Å². The molecule has 0 amide bonds. The molecule has 3 rings (SSSR count). The van der Waals surface area contributed by atoms with E-state index in [-0.39, 0.29) is 20.9 Å². The van der Waals surface area contributed by atoms with Crippen molar-refractivity contribution in [1.82, 2.24) is 19.7 Å². The summed E-state index contributed by atoms with van der Waals surface area (Å²) in [5, 5.41) is 5.35. The molecule has 0 spiro atoms. The van der Waals surface area contributed by atoms with E-state index < -0.39 is 6.29 Å². The van der Waals surface area contributed by atoms with Crippen LogP contribution in [0.25, 0.3) is 11.3 Å². The lowest BCUT2D eigenvalue weighted by Gasteiger charge is -2.49. The van der Waals surface area contributed by atoms with Gasteiger partial charge >= 0.3 is 0 Å². The van der Waals surface area contributed by atoms with Gasteiger partial charge in [0.15, 0.2) is 6.29 Å². The number of ether oxygens (including phenoxy) is 2. The van der Waals surface area contributed by atoms with E-state index in [1.165, 1.54) is 6.33 Å². The molecule has 0 bridgehead atoms. The Kier molecular flexibility index (Phi) is 6.59. The highest BCUT2D eigenvalue weighted by Gasteiger charge is 2.65. The van der Waals surface area contributed by atoms with E-state index in [9.17, 15) is 0 Å². The van der Waals surface area contributed by atoms with Crippen LogP contribution in [0.15, 0.2) is 18.7 Å². The molecule has 162 valence electrons. The van der Waals surface area contributed by atoms with Crippen molar-refractivity contribution in [3.63, 3.8) is 0 Å². The van der Waals surface area contributed by atoms with Crippen molar-refractivity contribution in [1.29, 1.82) is 0 Å². The number of methoxy groups -OCH3 is 2. The van der Waals surface area contributed by atoms with Gasteiger partial charge in [-0.25, -0.2) is 9.97 Å². The van der Waals surface area contributed by atoms with Gasteiger partial charge in [0.2, 0.25) is 0 Å². The first kappa shape index (κ1) is 25.2. The minimum absolute atomic E-state index is 0.140. The van der Waals surface area contributed by atoms with Crippen molar-refractivity contribution in [3.05, 3.63) is 24.3 Å². The van der Waals surface area contributed by atoms with Gasteiger partial charge in [0.1, 0.15) is 12.1 Å². The molecule has 2 aromatic rings. The fourth-order valence-corrected chi connectivity index (χ4v) is 5.92. The summed E-state index contributed by atoms with van der Waals surface area (Å²) in [5.74, 6) is 0.887. The second-order valence-electron chi connectivity index (χ2n) is 11.4. The number of aromatic nitrogens is 4. The molecule has 2 N–H and O–H groups in total. The van der Waals surface area contributed by atoms with Crippen LogP contribution < -0.4 is 5.73 Å². The summed E-state index contributed by atoms with van der Waals surface area (Å²) in [5.41, 5.74) is 8.70. The molecule has 0 aliphatic heterocycles. The molecule has 0 atom stereocenters. The quantitative estimate of drug-likeness (QED) is 0.351. The number of anilines is 1. The lowest BCUT2D eigenvalue weighted by molar-refractivity contribution is -0.100. The normalized spacial score (nSPS) is 21.1. The lowest BCUT2D eigenvalue weighted by Crippen LogP contribution is -2.39. The molecule has 0 radical (unpaired) electrons. The lowest BCUT2D eigenvalue weighted by atomic mass is 9.17. The Bertz CT molecular complexity index is 954. The average molecular weight is 426 g/mol. The van der Waals surface area contributed by atoms with E-state index in [0.717, 1.165) is 23.4 Å². The highest BCUT2D eigenvalue weighted by molar-refractivity contribution is 6.68. The predicted octanol–water partition coefficient (Wildman–Crippen LogP) is -5.76. The molecule has 2 heterocycles. The van der Waals surface area contributed by atoms with Crippen molar-refractivity contribution < 1.29 is 9.47 Å². The van der Waals surface area contributed by atoms with Crippen LogP contribution in [0.4, 0.5) is 5.82 Å². The van der Waals surface area contributed by atoms with E-state index in [2.05, 4.69) is 83.6 Å². The summed E-state index contributed by atoms with van der Waals surface area (Å²) in [7, 11) is 22.6. The van der Waals surface area contributed by atoms with Gasteiger partial charge in [-0.15, -0.1) is 10.4 Å². The molecule has 7 nitrogen and oxygen atoms in total. The van der Waals surface area contributed by atoms with E-state index in [1.54, 1.807) is 14.2 Å². The predicted molar refractivity (Wildman–Crippen MR) is 152 cm³/mol. The van der Waals surface area contributed by atoms with Gasteiger partial charge in [0.25, 0.3) is 0 Å². The van der Waals surface area contributed by atoms with Crippen molar-refractivity contribution >= 4 is 68.6 Å². The summed E-state index contributed by atoms with van der Waals surface area (Å²) in [4.78, 5) is 8.70. The second-order valence-corrected chi connectivity index (χ2v) is 11.4. The molecule has 15 heteroatoms. The fourth-order valence-electron chi connectivity index (χ4n) is 5.92. The summed E-state index contributed by atoms with van der Waals surface area (Å²) in [6.07, 6.45) is 5.48. The maximum Gasteiger partial charge on any atom is 0.161 e. The van der Waals surface area contributed by atoms with Gasteiger partial charge in [-0.3, -0.25) is 4.68 Å². The van der Waals surface area contributed by atoms with Gasteiger partial charge in [-0.05, 0) is 5.92 Å². The standard InChI is InChI=1S/C17H33B8N5O2/c1-31-11(32-2)3-9-12(27-7-28-13(9)26)8-4-29-30(5-8)6-10-14(18,19)16(22,23)17(24,25)15(10,20)21/h4-5,7,10-11H,3,6,18-25H2,1-2H3,(H2,26,27,28). The molecule has 1 aliphatic rings. The fraction of sp³-hybridized carbons (Fsp3) is 0.588. The van der Waals surface area contributed by atoms with Gasteiger partial charge < -0.3 is 15.2 Å². The minimum atomic E-state index is -0.415. The van der Waals surface area contributed by atoms with Gasteiger partial charge in [0.05, 0.1) is 74.7 Å². The molecule has 1 aliphatic carbocycles. The molecule has 0 unspecified atom stereocenters. The SMILES string of the molecule is BC1(B)C(Cn2cc(-c3ncnc(N)c3CC(OC)OC)cn2)C(B)(B)C(B)(B)C1(B)B. The smallest absolute Gasteiger partial charge is 0.161 e. The Balaban J connectivity index is 1.95. The molecule has 1 fully saturated rings. The number of nitrogen functional groups attached to an aromatic ring is 1. The summed E-state index contributed by atoms with van der Waals surface area (Å²) in [6.45, 7) is 0.849. The summed E-state index contributed by atoms with van der Waals surface area (Å²) < 4.78 is 12.8. The first-order valence-corrected chi connectivity index (χ1v) is 11.4. The summed E-state index contributed by atoms with van der Waals surface area (Å²) >= 11 is 0. The minimum Gasteiger partial charge on any atom is -0.383 e. The van der Waals surface area contributed by atoms with Crippen LogP contribution in [-0.2, 0) is 22.4 Å². The van der Waals surface area contributed by atoms with Crippen molar-refractivity contribution in [3.8, 4) is 11.3 Å². The van der Waals surface area contributed by atoms with E-state index >= 15 is 0 Å².